The molecule has 0 amide bonds. The van der Waals surface area contributed by atoms with Gasteiger partial charge in [-0.15, -0.1) is 22.7 Å². The number of halogens is 7. The van der Waals surface area contributed by atoms with Gasteiger partial charge >= 0.3 is 27.6 Å². The van der Waals surface area contributed by atoms with Gasteiger partial charge in [-0.3, -0.25) is 9.59 Å². The minimum absolute atomic E-state index is 0.0246. The molecule has 6 nitrogen and oxygen atoms in total. The Kier molecular flexibility index (Phi) is 10.1. The van der Waals surface area contributed by atoms with Crippen molar-refractivity contribution in [1.82, 2.24) is 0 Å². The van der Waals surface area contributed by atoms with Crippen molar-refractivity contribution in [2.24, 2.45) is 0 Å². The molecule has 0 N–H and O–H groups in total. The molecule has 2 aliphatic rings. The van der Waals surface area contributed by atoms with E-state index in [1.54, 1.807) is 11.3 Å². The van der Waals surface area contributed by atoms with E-state index in [0.29, 0.717) is 30.3 Å². The maximum Gasteiger partial charge on any atom is 0.470 e. The van der Waals surface area contributed by atoms with Crippen molar-refractivity contribution in [2.75, 3.05) is 7.11 Å². The van der Waals surface area contributed by atoms with E-state index in [2.05, 4.69) is 27.3 Å². The third-order valence-corrected chi connectivity index (χ3v) is 8.81. The summed E-state index contributed by atoms with van der Waals surface area (Å²) in [6.07, 6.45) is 1.33. The van der Waals surface area contributed by atoms with E-state index in [4.69, 9.17) is 0 Å². The molecule has 0 bridgehead atoms. The maximum absolute atomic E-state index is 12.5. The molecular formula is C20H17F6IO6S3. The second-order valence-electron chi connectivity index (χ2n) is 7.54. The van der Waals surface area contributed by atoms with Crippen molar-refractivity contribution in [3.63, 3.8) is 0 Å². The van der Waals surface area contributed by atoms with Crippen LogP contribution in [0.3, 0.4) is 0 Å². The van der Waals surface area contributed by atoms with Gasteiger partial charge in [-0.25, -0.2) is 4.79 Å². The second kappa shape index (κ2) is 11.9. The zero-order valence-electron chi connectivity index (χ0n) is 18.1. The molecule has 0 unspecified atom stereocenters. The number of esters is 1. The summed E-state index contributed by atoms with van der Waals surface area (Å²) in [5, 5.41) is -5.11. The number of rotatable bonds is 6. The standard InChI is InChI=1S/C9H7F3OS.C8H7IOS.C3H3F3O4S/c10-9(11,12)8-7(5-1-2-5)3-6(4-13)14-8;9-8-7(5-1-2-5)3-6(4-10)11-8;1-10-2(7)3(4,5)11(6,8)9/h3-5H,1-2H2;3-5H,1-2H2;1H3. The number of carbonyl (C=O) groups is 3. The van der Waals surface area contributed by atoms with Gasteiger partial charge in [0.05, 0.1) is 19.7 Å². The highest BCUT2D eigenvalue weighted by Gasteiger charge is 2.55. The molecule has 16 heteroatoms. The summed E-state index contributed by atoms with van der Waals surface area (Å²) >= 11 is 4.46. The monoisotopic (exact) mass is 690 g/mol. The van der Waals surface area contributed by atoms with Crippen LogP contribution in [0.25, 0.3) is 0 Å². The summed E-state index contributed by atoms with van der Waals surface area (Å²) in [5.41, 5.74) is 1.71. The first-order valence-corrected chi connectivity index (χ1v) is 14.0. The zero-order chi connectivity index (χ0) is 27.5. The molecule has 0 atom stereocenters. The Bertz CT molecular complexity index is 1210. The number of methoxy groups -OCH3 is 1. The highest BCUT2D eigenvalue weighted by atomic mass is 127. The van der Waals surface area contributed by atoms with Gasteiger partial charge in [-0.2, -0.15) is 30.4 Å². The maximum atomic E-state index is 12.5. The lowest BCUT2D eigenvalue weighted by Gasteiger charge is -2.06. The van der Waals surface area contributed by atoms with Crippen molar-refractivity contribution in [1.29, 1.82) is 0 Å². The van der Waals surface area contributed by atoms with Gasteiger partial charge in [0, 0.05) is 0 Å². The molecule has 0 radical (unpaired) electrons. The van der Waals surface area contributed by atoms with Gasteiger partial charge in [0.25, 0.3) is 0 Å². The second-order valence-corrected chi connectivity index (χ2v) is 12.9. The largest absolute Gasteiger partial charge is 0.470 e. The Morgan fingerprint density at radius 3 is 1.75 bits per heavy atom. The van der Waals surface area contributed by atoms with Crippen LogP contribution in [0.15, 0.2) is 12.1 Å². The average molecular weight is 690 g/mol. The van der Waals surface area contributed by atoms with E-state index in [-0.39, 0.29) is 10.8 Å². The number of aldehydes is 2. The first-order chi connectivity index (χ1) is 16.6. The number of carbonyl (C=O) groups excluding carboxylic acids is 3. The normalized spacial score (nSPS) is 15.7. The average Bonchev–Trinajstić information content (AvgIpc) is 3.73. The van der Waals surface area contributed by atoms with Crippen LogP contribution < -0.4 is 0 Å². The van der Waals surface area contributed by atoms with Gasteiger partial charge in [0.2, 0.25) is 0 Å². The summed E-state index contributed by atoms with van der Waals surface area (Å²) in [6, 6.07) is 3.41. The van der Waals surface area contributed by atoms with Crippen LogP contribution in [0.2, 0.25) is 0 Å². The third-order valence-electron chi connectivity index (χ3n) is 4.77. The molecule has 0 saturated heterocycles. The minimum Gasteiger partial charge on any atom is -0.464 e. The van der Waals surface area contributed by atoms with Crippen molar-refractivity contribution in [2.45, 2.75) is 48.9 Å². The fourth-order valence-corrected chi connectivity index (χ4v) is 6.11. The van der Waals surface area contributed by atoms with E-state index in [1.165, 1.54) is 27.4 Å². The molecule has 2 heterocycles. The number of thiophene rings is 2. The highest BCUT2D eigenvalue weighted by molar-refractivity contribution is 14.1. The lowest BCUT2D eigenvalue weighted by molar-refractivity contribution is -0.157. The summed E-state index contributed by atoms with van der Waals surface area (Å²) in [6.45, 7) is 0. The van der Waals surface area contributed by atoms with Crippen LogP contribution in [0.5, 0.6) is 0 Å². The van der Waals surface area contributed by atoms with Crippen molar-refractivity contribution in [3.8, 4) is 0 Å². The zero-order valence-corrected chi connectivity index (χ0v) is 22.7. The highest BCUT2D eigenvalue weighted by Crippen LogP contribution is 2.49. The molecule has 2 aromatic heterocycles. The Hall–Kier alpha value is -1.53. The Labute approximate surface area is 223 Å². The molecule has 2 aliphatic carbocycles. The lowest BCUT2D eigenvalue weighted by Crippen LogP contribution is -2.36. The fourth-order valence-electron chi connectivity index (χ4n) is 2.75. The summed E-state index contributed by atoms with van der Waals surface area (Å²) in [4.78, 5) is 31.1. The lowest BCUT2D eigenvalue weighted by atomic mass is 10.1. The molecule has 2 aromatic rings. The van der Waals surface area contributed by atoms with Crippen LogP contribution in [-0.2, 0) is 25.9 Å². The molecule has 2 saturated carbocycles. The fraction of sp³-hybridized carbons (Fsp3) is 0.450. The number of hydrogen-bond donors (Lipinski definition) is 0. The number of alkyl halides is 5. The molecular weight excluding hydrogens is 673 g/mol. The van der Waals surface area contributed by atoms with Crippen molar-refractivity contribution < 1.29 is 53.4 Å². The van der Waals surface area contributed by atoms with Gasteiger partial charge < -0.3 is 4.74 Å². The third kappa shape index (κ3) is 7.98. The van der Waals surface area contributed by atoms with Gasteiger partial charge in [0.1, 0.15) is 4.88 Å². The van der Waals surface area contributed by atoms with Crippen molar-refractivity contribution in [3.05, 3.63) is 40.8 Å². The summed E-state index contributed by atoms with van der Waals surface area (Å²) < 4.78 is 96.4. The molecule has 0 aromatic carbocycles. The summed E-state index contributed by atoms with van der Waals surface area (Å²) in [5.74, 6) is -1.65. The van der Waals surface area contributed by atoms with E-state index < -0.39 is 32.5 Å². The summed E-state index contributed by atoms with van der Waals surface area (Å²) in [7, 11) is -5.71. The van der Waals surface area contributed by atoms with Gasteiger partial charge in [-0.1, -0.05) is 3.89 Å². The Morgan fingerprint density at radius 2 is 1.42 bits per heavy atom. The topological polar surface area (TPSA) is 94.6 Å². The van der Waals surface area contributed by atoms with Crippen molar-refractivity contribution >= 4 is 74.0 Å². The molecule has 0 spiro atoms. The van der Waals surface area contributed by atoms with Crippen LogP contribution in [0.1, 0.15) is 72.9 Å². The molecule has 200 valence electrons. The quantitative estimate of drug-likeness (QED) is 0.112. The first-order valence-electron chi connectivity index (χ1n) is 9.87. The minimum atomic E-state index is -6.22. The van der Waals surface area contributed by atoms with Crippen LogP contribution in [0.4, 0.5) is 25.8 Å². The first kappa shape index (κ1) is 30.7. The number of hydrogen-bond acceptors (Lipinski definition) is 8. The van der Waals surface area contributed by atoms with Crippen LogP contribution >= 0.6 is 45.3 Å². The van der Waals surface area contributed by atoms with Gasteiger partial charge in [0.15, 0.2) is 12.6 Å². The predicted molar refractivity (Wildman–Crippen MR) is 128 cm³/mol. The molecule has 4 rings (SSSR count). The van der Waals surface area contributed by atoms with Crippen LogP contribution in [-0.4, -0.2) is 39.3 Å². The van der Waals surface area contributed by atoms with Gasteiger partial charge in [-0.05, 0) is 83.4 Å². The van der Waals surface area contributed by atoms with E-state index >= 15 is 0 Å². The van der Waals surface area contributed by atoms with E-state index in [1.807, 2.05) is 6.07 Å². The predicted octanol–water partition coefficient (Wildman–Crippen LogP) is 6.55. The molecule has 36 heavy (non-hydrogen) atoms. The Balaban J connectivity index is 0.000000193. The van der Waals surface area contributed by atoms with E-state index in [9.17, 15) is 48.6 Å². The molecule has 2 fully saturated rings. The molecule has 0 aliphatic heterocycles. The SMILES string of the molecule is COC(=O)C(F)(F)S(=O)(=O)F.O=Cc1cc(C2CC2)c(C(F)(F)F)s1.O=Cc1cc(C2CC2)c(I)s1. The van der Waals surface area contributed by atoms with E-state index in [0.717, 1.165) is 29.9 Å². The Morgan fingerprint density at radius 1 is 0.972 bits per heavy atom. The number of ether oxygens (including phenoxy) is 1. The van der Waals surface area contributed by atoms with Crippen LogP contribution in [0, 0.1) is 2.88 Å². The smallest absolute Gasteiger partial charge is 0.464 e.